The third-order valence-corrected chi connectivity index (χ3v) is 1.93. The van der Waals surface area contributed by atoms with Crippen LogP contribution >= 0.6 is 0 Å². The van der Waals surface area contributed by atoms with Gasteiger partial charge in [0.2, 0.25) is 5.91 Å². The highest BCUT2D eigenvalue weighted by molar-refractivity contribution is 5.77. The van der Waals surface area contributed by atoms with Gasteiger partial charge in [-0.3, -0.25) is 4.79 Å². The summed E-state index contributed by atoms with van der Waals surface area (Å²) in [5, 5.41) is 19.6. The van der Waals surface area contributed by atoms with Crippen molar-refractivity contribution in [2.24, 2.45) is 0 Å². The van der Waals surface area contributed by atoms with E-state index in [1.54, 1.807) is 23.3 Å². The zero-order chi connectivity index (χ0) is 12.0. The maximum atomic E-state index is 11.2. The second kappa shape index (κ2) is 5.86. The number of aryl methyl sites for hydroxylation is 1. The van der Waals surface area contributed by atoms with E-state index in [1.165, 1.54) is 0 Å². The van der Waals surface area contributed by atoms with Gasteiger partial charge < -0.3 is 20.1 Å². The van der Waals surface area contributed by atoms with Crippen LogP contribution in [0.15, 0.2) is 18.7 Å². The van der Waals surface area contributed by atoms with Crippen LogP contribution in [0.2, 0.25) is 0 Å². The summed E-state index contributed by atoms with van der Waals surface area (Å²) in [6.45, 7) is 0.188. The van der Waals surface area contributed by atoms with Crippen molar-refractivity contribution in [3.63, 3.8) is 0 Å². The minimum atomic E-state index is -1.56. The summed E-state index contributed by atoms with van der Waals surface area (Å²) in [4.78, 5) is 25.3. The molecular formula is C9H13N3O4. The van der Waals surface area contributed by atoms with Gasteiger partial charge in [-0.15, -0.1) is 0 Å². The number of aliphatic hydroxyl groups is 1. The molecule has 0 radical (unpaired) electrons. The molecule has 1 heterocycles. The number of carboxylic acid groups (broad SMARTS) is 1. The third kappa shape index (κ3) is 4.09. The van der Waals surface area contributed by atoms with Crippen LogP contribution < -0.4 is 5.32 Å². The van der Waals surface area contributed by atoms with E-state index in [2.05, 4.69) is 10.3 Å². The largest absolute Gasteiger partial charge is 0.479 e. The maximum absolute atomic E-state index is 11.2. The van der Waals surface area contributed by atoms with E-state index in [0.717, 1.165) is 0 Å². The van der Waals surface area contributed by atoms with Gasteiger partial charge in [-0.05, 0) is 0 Å². The molecule has 88 valence electrons. The van der Waals surface area contributed by atoms with Gasteiger partial charge in [-0.25, -0.2) is 9.78 Å². The number of hydrogen-bond acceptors (Lipinski definition) is 4. The van der Waals surface area contributed by atoms with Crippen molar-refractivity contribution in [1.29, 1.82) is 0 Å². The average Bonchev–Trinajstić information content (AvgIpc) is 2.75. The van der Waals surface area contributed by atoms with Crippen LogP contribution in [0.1, 0.15) is 6.42 Å². The lowest BCUT2D eigenvalue weighted by atomic mass is 10.3. The monoisotopic (exact) mass is 227 g/mol. The van der Waals surface area contributed by atoms with Gasteiger partial charge >= 0.3 is 5.97 Å². The zero-order valence-electron chi connectivity index (χ0n) is 8.54. The summed E-state index contributed by atoms with van der Waals surface area (Å²) < 4.78 is 1.73. The summed E-state index contributed by atoms with van der Waals surface area (Å²) >= 11 is 0. The normalized spacial score (nSPS) is 12.1. The Labute approximate surface area is 91.7 Å². The second-order valence-electron chi connectivity index (χ2n) is 3.21. The fraction of sp³-hybridized carbons (Fsp3) is 0.444. The molecule has 3 N–H and O–H groups in total. The highest BCUT2D eigenvalue weighted by atomic mass is 16.4. The van der Waals surface area contributed by atoms with Gasteiger partial charge in [-0.2, -0.15) is 0 Å². The maximum Gasteiger partial charge on any atom is 0.334 e. The Morgan fingerprint density at radius 1 is 1.50 bits per heavy atom. The molecule has 1 rings (SSSR count). The van der Waals surface area contributed by atoms with Crippen LogP contribution in [0.4, 0.5) is 0 Å². The molecule has 0 aromatic carbocycles. The topological polar surface area (TPSA) is 104 Å². The molecule has 0 saturated carbocycles. The molecular weight excluding hydrogens is 214 g/mol. The van der Waals surface area contributed by atoms with Gasteiger partial charge in [0.1, 0.15) is 0 Å². The molecule has 0 aliphatic rings. The van der Waals surface area contributed by atoms with E-state index in [1.807, 2.05) is 0 Å². The van der Waals surface area contributed by atoms with Crippen molar-refractivity contribution in [3.8, 4) is 0 Å². The Kier molecular flexibility index (Phi) is 4.46. The Morgan fingerprint density at radius 3 is 2.81 bits per heavy atom. The van der Waals surface area contributed by atoms with Crippen LogP contribution in [-0.2, 0) is 16.1 Å². The van der Waals surface area contributed by atoms with E-state index in [0.29, 0.717) is 6.54 Å². The van der Waals surface area contributed by atoms with Gasteiger partial charge in [0.05, 0.1) is 12.9 Å². The fourth-order valence-electron chi connectivity index (χ4n) is 1.04. The summed E-state index contributed by atoms with van der Waals surface area (Å²) in [7, 11) is 0. The molecule has 16 heavy (non-hydrogen) atoms. The number of hydrogen-bond donors (Lipinski definition) is 3. The first-order valence-electron chi connectivity index (χ1n) is 4.73. The first-order chi connectivity index (χ1) is 7.59. The third-order valence-electron chi connectivity index (χ3n) is 1.93. The van der Waals surface area contributed by atoms with Crippen LogP contribution in [0.25, 0.3) is 0 Å². The second-order valence-corrected chi connectivity index (χ2v) is 3.21. The average molecular weight is 227 g/mol. The summed E-state index contributed by atoms with van der Waals surface area (Å²) in [5.41, 5.74) is 0. The lowest BCUT2D eigenvalue weighted by Gasteiger charge is -2.07. The molecule has 0 aliphatic carbocycles. The lowest BCUT2D eigenvalue weighted by molar-refractivity contribution is -0.146. The molecule has 1 amide bonds. The minimum absolute atomic E-state index is 0.211. The number of amides is 1. The predicted octanol–water partition coefficient (Wildman–Crippen LogP) is -1.17. The van der Waals surface area contributed by atoms with Gasteiger partial charge in [0, 0.05) is 25.4 Å². The Hall–Kier alpha value is -1.89. The summed E-state index contributed by atoms with van der Waals surface area (Å²) in [6, 6.07) is 0. The van der Waals surface area contributed by atoms with Crippen LogP contribution in [0, 0.1) is 0 Å². The van der Waals surface area contributed by atoms with E-state index in [9.17, 15) is 9.59 Å². The number of carbonyl (C=O) groups is 2. The zero-order valence-corrected chi connectivity index (χ0v) is 8.54. The molecule has 7 heteroatoms. The standard InChI is InChI=1S/C9H13N3O4/c13-7(9(15)16)5-11-8(14)1-3-12-4-2-10-6-12/h2,4,6-7,13H,1,3,5H2,(H,11,14)(H,15,16). The Bertz CT molecular complexity index is 350. The summed E-state index contributed by atoms with van der Waals surface area (Å²) in [5.74, 6) is -1.66. The number of aromatic nitrogens is 2. The number of aliphatic carboxylic acids is 1. The van der Waals surface area contributed by atoms with Crippen LogP contribution in [0.5, 0.6) is 0 Å². The number of carbonyl (C=O) groups excluding carboxylic acids is 1. The summed E-state index contributed by atoms with van der Waals surface area (Å²) in [6.07, 6.45) is 3.56. The Morgan fingerprint density at radius 2 is 2.25 bits per heavy atom. The molecule has 0 saturated heterocycles. The van der Waals surface area contributed by atoms with E-state index < -0.39 is 12.1 Å². The first-order valence-corrected chi connectivity index (χ1v) is 4.73. The molecule has 1 aromatic heterocycles. The molecule has 1 aromatic rings. The van der Waals surface area contributed by atoms with E-state index in [4.69, 9.17) is 10.2 Å². The van der Waals surface area contributed by atoms with Gasteiger partial charge in [0.25, 0.3) is 0 Å². The van der Waals surface area contributed by atoms with Crippen molar-refractivity contribution >= 4 is 11.9 Å². The quantitative estimate of drug-likeness (QED) is 0.568. The molecule has 0 bridgehead atoms. The van der Waals surface area contributed by atoms with E-state index in [-0.39, 0.29) is 18.9 Å². The number of aliphatic hydroxyl groups excluding tert-OH is 1. The number of nitrogens with one attached hydrogen (secondary N) is 1. The smallest absolute Gasteiger partial charge is 0.334 e. The molecule has 0 aliphatic heterocycles. The predicted molar refractivity (Wildman–Crippen MR) is 53.5 cm³/mol. The molecule has 0 spiro atoms. The fourth-order valence-corrected chi connectivity index (χ4v) is 1.04. The van der Waals surface area contributed by atoms with Crippen molar-refractivity contribution < 1.29 is 19.8 Å². The van der Waals surface area contributed by atoms with Crippen molar-refractivity contribution in [2.45, 2.75) is 19.1 Å². The van der Waals surface area contributed by atoms with Crippen molar-refractivity contribution in [2.75, 3.05) is 6.54 Å². The first kappa shape index (κ1) is 12.2. The highest BCUT2D eigenvalue weighted by Gasteiger charge is 2.13. The van der Waals surface area contributed by atoms with Gasteiger partial charge in [0.15, 0.2) is 6.10 Å². The van der Waals surface area contributed by atoms with Crippen LogP contribution in [-0.4, -0.2) is 44.3 Å². The lowest BCUT2D eigenvalue weighted by Crippen LogP contribution is -2.36. The van der Waals surface area contributed by atoms with Crippen molar-refractivity contribution in [3.05, 3.63) is 18.7 Å². The number of rotatable bonds is 6. The SMILES string of the molecule is O=C(CCn1ccnc1)NCC(O)C(=O)O. The van der Waals surface area contributed by atoms with Crippen LogP contribution in [0.3, 0.4) is 0 Å². The minimum Gasteiger partial charge on any atom is -0.479 e. The van der Waals surface area contributed by atoms with E-state index >= 15 is 0 Å². The Balaban J connectivity index is 2.19. The molecule has 7 nitrogen and oxygen atoms in total. The number of nitrogens with zero attached hydrogens (tertiary/aromatic N) is 2. The molecule has 0 fully saturated rings. The molecule has 1 unspecified atom stereocenters. The highest BCUT2D eigenvalue weighted by Crippen LogP contribution is 1.90. The number of carboxylic acids is 1. The number of imidazole rings is 1. The van der Waals surface area contributed by atoms with Gasteiger partial charge in [-0.1, -0.05) is 0 Å². The van der Waals surface area contributed by atoms with Crippen molar-refractivity contribution in [1.82, 2.24) is 14.9 Å². The molecule has 1 atom stereocenters.